The zero-order valence-electron chi connectivity index (χ0n) is 18.6. The van der Waals surface area contributed by atoms with Crippen molar-refractivity contribution in [3.8, 4) is 0 Å². The van der Waals surface area contributed by atoms with E-state index in [1.807, 2.05) is 0 Å². The summed E-state index contributed by atoms with van der Waals surface area (Å²) >= 11 is 6.27. The van der Waals surface area contributed by atoms with Crippen LogP contribution < -0.4 is 9.80 Å². The van der Waals surface area contributed by atoms with Gasteiger partial charge in [-0.2, -0.15) is 0 Å². The third-order valence-electron chi connectivity index (χ3n) is 6.77. The van der Waals surface area contributed by atoms with E-state index in [1.165, 1.54) is 9.80 Å². The summed E-state index contributed by atoms with van der Waals surface area (Å²) in [5, 5.41) is 0.386. The van der Waals surface area contributed by atoms with Crippen LogP contribution in [0.2, 0.25) is 5.02 Å². The summed E-state index contributed by atoms with van der Waals surface area (Å²) in [4.78, 5) is 57.6. The summed E-state index contributed by atoms with van der Waals surface area (Å²) in [7, 11) is 3.20. The molecule has 0 aliphatic carbocycles. The summed E-state index contributed by atoms with van der Waals surface area (Å²) in [6.07, 6.45) is 0. The van der Waals surface area contributed by atoms with E-state index < -0.39 is 41.1 Å². The van der Waals surface area contributed by atoms with Gasteiger partial charge >= 0.3 is 0 Å². The lowest BCUT2D eigenvalue weighted by Gasteiger charge is -2.40. The lowest BCUT2D eigenvalue weighted by atomic mass is 9.68. The number of halogens is 1. The van der Waals surface area contributed by atoms with Gasteiger partial charge in [-0.1, -0.05) is 48.0 Å². The fourth-order valence-corrected chi connectivity index (χ4v) is 5.29. The minimum Gasteiger partial charge on any atom is -0.314 e. The number of amides is 2. The van der Waals surface area contributed by atoms with E-state index in [0.717, 1.165) is 0 Å². The molecule has 6 nitrogen and oxygen atoms in total. The van der Waals surface area contributed by atoms with E-state index in [9.17, 15) is 19.2 Å². The molecule has 0 fully saturated rings. The van der Waals surface area contributed by atoms with Crippen molar-refractivity contribution in [2.45, 2.75) is 5.92 Å². The number of carbonyl (C=O) groups excluding carboxylic acids is 4. The maximum Gasteiger partial charge on any atom is 0.238 e. The van der Waals surface area contributed by atoms with Crippen molar-refractivity contribution in [2.24, 2.45) is 11.8 Å². The second-order valence-electron chi connectivity index (χ2n) is 8.59. The molecule has 2 amide bonds. The van der Waals surface area contributed by atoms with Gasteiger partial charge in [0, 0.05) is 36.2 Å². The molecule has 0 radical (unpaired) electrons. The van der Waals surface area contributed by atoms with Crippen LogP contribution in [0, 0.1) is 11.8 Å². The first-order valence-corrected chi connectivity index (χ1v) is 11.3. The number of Topliss-reactive ketones (excluding diaryl/α,β-unsaturated/α-hetero) is 2. The van der Waals surface area contributed by atoms with Gasteiger partial charge in [0.1, 0.15) is 11.8 Å². The van der Waals surface area contributed by atoms with Crippen LogP contribution in [0.25, 0.3) is 0 Å². The molecule has 0 spiro atoms. The minimum absolute atomic E-state index is 0.381. The Bertz CT molecular complexity index is 1290. The average Bonchev–Trinajstić information content (AvgIpc) is 2.85. The molecule has 0 bridgehead atoms. The first-order valence-electron chi connectivity index (χ1n) is 10.9. The van der Waals surface area contributed by atoms with Crippen LogP contribution in [-0.4, -0.2) is 37.5 Å². The number of carbonyl (C=O) groups is 4. The topological polar surface area (TPSA) is 74.8 Å². The van der Waals surface area contributed by atoms with Gasteiger partial charge in [0.2, 0.25) is 11.8 Å². The van der Waals surface area contributed by atoms with Crippen LogP contribution in [0.4, 0.5) is 11.4 Å². The first-order chi connectivity index (χ1) is 16.3. The number of para-hydroxylation sites is 2. The Morgan fingerprint density at radius 2 is 1.15 bits per heavy atom. The fraction of sp³-hybridized carbons (Fsp3) is 0.185. The molecular formula is C27H21ClN2O4. The van der Waals surface area contributed by atoms with Gasteiger partial charge in [-0.05, 0) is 42.0 Å². The summed E-state index contributed by atoms with van der Waals surface area (Å²) in [6, 6.07) is 20.4. The molecule has 0 saturated heterocycles. The Morgan fingerprint density at radius 3 is 1.62 bits per heavy atom. The molecule has 2 aliphatic rings. The Labute approximate surface area is 201 Å². The zero-order chi connectivity index (χ0) is 24.1. The number of fused-ring (bicyclic) bond motifs is 2. The summed E-state index contributed by atoms with van der Waals surface area (Å²) in [5.74, 6) is -5.28. The van der Waals surface area contributed by atoms with Crippen LogP contribution in [0.3, 0.4) is 0 Å². The molecule has 5 rings (SSSR count). The van der Waals surface area contributed by atoms with Crippen molar-refractivity contribution in [2.75, 3.05) is 23.9 Å². The number of hydrogen-bond acceptors (Lipinski definition) is 4. The smallest absolute Gasteiger partial charge is 0.238 e. The molecule has 0 saturated carbocycles. The Balaban J connectivity index is 1.72. The molecule has 0 N–H and O–H groups in total. The normalized spacial score (nSPS) is 20.8. The van der Waals surface area contributed by atoms with Crippen molar-refractivity contribution in [1.29, 1.82) is 0 Å². The highest BCUT2D eigenvalue weighted by Gasteiger charge is 2.52. The molecule has 2 unspecified atom stereocenters. The maximum absolute atomic E-state index is 13.7. The molecule has 0 aromatic heterocycles. The highest BCUT2D eigenvalue weighted by Crippen LogP contribution is 2.45. The Morgan fingerprint density at radius 1 is 0.676 bits per heavy atom. The van der Waals surface area contributed by atoms with Gasteiger partial charge in [-0.3, -0.25) is 19.2 Å². The number of anilines is 2. The first kappa shape index (κ1) is 22.0. The SMILES string of the molecule is CN1C(=O)C(C(c2cccc(Cl)c2)C2C(=O)c3ccccc3N(C)C2=O)C(=O)c2ccccc21. The molecule has 2 atom stereocenters. The highest BCUT2D eigenvalue weighted by atomic mass is 35.5. The number of hydrogen-bond donors (Lipinski definition) is 0. The molecule has 34 heavy (non-hydrogen) atoms. The average molecular weight is 473 g/mol. The second-order valence-corrected chi connectivity index (χ2v) is 9.03. The van der Waals surface area contributed by atoms with Crippen molar-refractivity contribution in [1.82, 2.24) is 0 Å². The lowest BCUT2D eigenvalue weighted by Crippen LogP contribution is -2.52. The summed E-state index contributed by atoms with van der Waals surface area (Å²) in [5.41, 5.74) is 2.26. The van der Waals surface area contributed by atoms with Gasteiger partial charge in [0.25, 0.3) is 0 Å². The second kappa shape index (κ2) is 8.22. The summed E-state index contributed by atoms with van der Waals surface area (Å²) in [6.45, 7) is 0. The summed E-state index contributed by atoms with van der Waals surface area (Å²) < 4.78 is 0. The van der Waals surface area contributed by atoms with Gasteiger partial charge in [0.05, 0.1) is 11.4 Å². The fourth-order valence-electron chi connectivity index (χ4n) is 5.09. The molecule has 2 heterocycles. The van der Waals surface area contributed by atoms with E-state index in [1.54, 1.807) is 86.9 Å². The van der Waals surface area contributed by atoms with E-state index in [2.05, 4.69) is 0 Å². The van der Waals surface area contributed by atoms with E-state index >= 15 is 0 Å². The molecular weight excluding hydrogens is 452 g/mol. The van der Waals surface area contributed by atoms with Gasteiger partial charge in [-0.25, -0.2) is 0 Å². The molecule has 3 aromatic carbocycles. The molecule has 7 heteroatoms. The van der Waals surface area contributed by atoms with Crippen molar-refractivity contribution >= 4 is 46.4 Å². The number of benzene rings is 3. The minimum atomic E-state index is -1.25. The van der Waals surface area contributed by atoms with E-state index in [4.69, 9.17) is 11.6 Å². The largest absolute Gasteiger partial charge is 0.314 e. The monoisotopic (exact) mass is 472 g/mol. The van der Waals surface area contributed by atoms with Gasteiger partial charge in [0.15, 0.2) is 11.6 Å². The highest BCUT2D eigenvalue weighted by molar-refractivity contribution is 6.30. The van der Waals surface area contributed by atoms with Crippen LogP contribution in [-0.2, 0) is 9.59 Å². The Hall–Kier alpha value is -3.77. The number of rotatable bonds is 3. The van der Waals surface area contributed by atoms with Crippen LogP contribution in [0.5, 0.6) is 0 Å². The molecule has 3 aromatic rings. The number of ketones is 2. The van der Waals surface area contributed by atoms with Crippen LogP contribution in [0.15, 0.2) is 72.8 Å². The Kier molecular flexibility index (Phi) is 5.33. The van der Waals surface area contributed by atoms with E-state index in [-0.39, 0.29) is 0 Å². The van der Waals surface area contributed by atoms with Gasteiger partial charge < -0.3 is 9.80 Å². The number of nitrogens with zero attached hydrogens (tertiary/aromatic N) is 2. The predicted molar refractivity (Wildman–Crippen MR) is 130 cm³/mol. The predicted octanol–water partition coefficient (Wildman–Crippen LogP) is 4.37. The van der Waals surface area contributed by atoms with Crippen LogP contribution in [0.1, 0.15) is 32.2 Å². The third-order valence-corrected chi connectivity index (χ3v) is 7.01. The van der Waals surface area contributed by atoms with Gasteiger partial charge in [-0.15, -0.1) is 0 Å². The van der Waals surface area contributed by atoms with Crippen molar-refractivity contribution in [3.05, 3.63) is 94.5 Å². The zero-order valence-corrected chi connectivity index (χ0v) is 19.3. The lowest BCUT2D eigenvalue weighted by molar-refractivity contribution is -0.124. The van der Waals surface area contributed by atoms with Crippen molar-refractivity contribution < 1.29 is 19.2 Å². The molecule has 170 valence electrons. The third kappa shape index (κ3) is 3.25. The standard InChI is InChI=1S/C27H21ClN2O4/c1-29-19-12-5-3-10-17(19)24(31)22(26(29)33)21(15-8-7-9-16(28)14-15)23-25(32)18-11-4-6-13-20(18)30(2)27(23)34/h3-14,21-23H,1-2H3. The molecule has 2 aliphatic heterocycles. The van der Waals surface area contributed by atoms with E-state index in [0.29, 0.717) is 33.1 Å². The quantitative estimate of drug-likeness (QED) is 0.530. The van der Waals surface area contributed by atoms with Crippen molar-refractivity contribution in [3.63, 3.8) is 0 Å². The maximum atomic E-state index is 13.7. The van der Waals surface area contributed by atoms with Crippen LogP contribution >= 0.6 is 11.6 Å².